The number of rotatable bonds is 3. The number of nitrogens with zero attached hydrogens (tertiary/aromatic N) is 3. The second-order valence-electron chi connectivity index (χ2n) is 4.84. The third kappa shape index (κ3) is 2.54. The van der Waals surface area contributed by atoms with Crippen molar-refractivity contribution in [1.82, 2.24) is 14.3 Å². The summed E-state index contributed by atoms with van der Waals surface area (Å²) in [5.74, 6) is -0.731. The van der Waals surface area contributed by atoms with Gasteiger partial charge in [0.25, 0.3) is 0 Å². The second kappa shape index (κ2) is 5.50. The third-order valence-corrected chi connectivity index (χ3v) is 5.51. The van der Waals surface area contributed by atoms with E-state index in [-0.39, 0.29) is 10.9 Å². The summed E-state index contributed by atoms with van der Waals surface area (Å²) in [6.07, 6.45) is 4.36. The van der Waals surface area contributed by atoms with Crippen LogP contribution in [0.15, 0.2) is 47.8 Å². The van der Waals surface area contributed by atoms with E-state index in [1.54, 1.807) is 12.3 Å². The summed E-state index contributed by atoms with van der Waals surface area (Å²) in [4.78, 5) is 7.68. The van der Waals surface area contributed by atoms with E-state index in [1.165, 1.54) is 28.8 Å². The van der Waals surface area contributed by atoms with Crippen molar-refractivity contribution in [1.29, 1.82) is 0 Å². The molecule has 0 radical (unpaired) electrons. The van der Waals surface area contributed by atoms with Gasteiger partial charge in [-0.2, -0.15) is 4.31 Å². The number of halogens is 1. The average Bonchev–Trinajstić information content (AvgIpc) is 2.99. The standard InChI is InChI=1S/C14H14FN3O2S/c15-11-4-1-2-6-14(11)21(19,20)18-9-3-5-13(18)12-7-8-16-10-17-12/h1-2,4,6-8,10,13H,3,5,9H2/t13-/m0/s1. The van der Waals surface area contributed by atoms with Crippen LogP contribution in [0.25, 0.3) is 0 Å². The maximum Gasteiger partial charge on any atom is 0.246 e. The highest BCUT2D eigenvalue weighted by Crippen LogP contribution is 2.35. The average molecular weight is 307 g/mol. The fourth-order valence-corrected chi connectivity index (χ4v) is 4.34. The molecule has 0 saturated carbocycles. The third-order valence-electron chi connectivity index (χ3n) is 3.57. The molecule has 7 heteroatoms. The van der Waals surface area contributed by atoms with E-state index in [1.807, 2.05) is 0 Å². The molecule has 2 aromatic rings. The largest absolute Gasteiger partial charge is 0.246 e. The topological polar surface area (TPSA) is 63.2 Å². The lowest BCUT2D eigenvalue weighted by Crippen LogP contribution is -2.31. The highest BCUT2D eigenvalue weighted by atomic mass is 32.2. The molecule has 2 heterocycles. The molecule has 21 heavy (non-hydrogen) atoms. The van der Waals surface area contributed by atoms with Crippen LogP contribution in [-0.4, -0.2) is 29.2 Å². The summed E-state index contributed by atoms with van der Waals surface area (Å²) in [6, 6.07) is 6.77. The number of benzene rings is 1. The van der Waals surface area contributed by atoms with Crippen LogP contribution >= 0.6 is 0 Å². The van der Waals surface area contributed by atoms with E-state index >= 15 is 0 Å². The molecule has 0 N–H and O–H groups in total. The highest BCUT2D eigenvalue weighted by Gasteiger charge is 2.38. The lowest BCUT2D eigenvalue weighted by molar-refractivity contribution is 0.387. The smallest absolute Gasteiger partial charge is 0.245 e. The minimum Gasteiger partial charge on any atom is -0.245 e. The van der Waals surface area contributed by atoms with Crippen molar-refractivity contribution in [3.63, 3.8) is 0 Å². The Balaban J connectivity index is 2.01. The molecular formula is C14H14FN3O2S. The van der Waals surface area contributed by atoms with E-state index in [0.717, 1.165) is 12.5 Å². The molecule has 3 rings (SSSR count). The van der Waals surface area contributed by atoms with Gasteiger partial charge >= 0.3 is 0 Å². The predicted molar refractivity (Wildman–Crippen MR) is 74.3 cm³/mol. The molecule has 1 saturated heterocycles. The molecule has 5 nitrogen and oxygen atoms in total. The molecule has 0 bridgehead atoms. The van der Waals surface area contributed by atoms with Crippen LogP contribution in [0.4, 0.5) is 4.39 Å². The van der Waals surface area contributed by atoms with Crippen molar-refractivity contribution in [3.8, 4) is 0 Å². The van der Waals surface area contributed by atoms with Gasteiger partial charge in [-0.3, -0.25) is 0 Å². The lowest BCUT2D eigenvalue weighted by Gasteiger charge is -2.23. The predicted octanol–water partition coefficient (Wildman–Crippen LogP) is 2.14. The van der Waals surface area contributed by atoms with Crippen LogP contribution in [0.3, 0.4) is 0 Å². The summed E-state index contributed by atoms with van der Waals surface area (Å²) in [5, 5.41) is 0. The first-order valence-corrected chi connectivity index (χ1v) is 8.07. The highest BCUT2D eigenvalue weighted by molar-refractivity contribution is 7.89. The van der Waals surface area contributed by atoms with E-state index in [2.05, 4.69) is 9.97 Å². The number of hydrogen-bond acceptors (Lipinski definition) is 4. The molecule has 0 unspecified atom stereocenters. The van der Waals surface area contributed by atoms with Gasteiger partial charge in [-0.25, -0.2) is 22.8 Å². The molecule has 0 amide bonds. The molecule has 0 spiro atoms. The Bertz CT molecular complexity index is 737. The van der Waals surface area contributed by atoms with Crippen LogP contribution < -0.4 is 0 Å². The number of sulfonamides is 1. The summed E-state index contributed by atoms with van der Waals surface area (Å²) >= 11 is 0. The van der Waals surface area contributed by atoms with Crippen LogP contribution in [0.5, 0.6) is 0 Å². The van der Waals surface area contributed by atoms with Gasteiger partial charge in [0, 0.05) is 12.7 Å². The Hall–Kier alpha value is -1.86. The Morgan fingerprint density at radius 3 is 2.76 bits per heavy atom. The van der Waals surface area contributed by atoms with Gasteiger partial charge in [0.05, 0.1) is 11.7 Å². The lowest BCUT2D eigenvalue weighted by atomic mass is 10.1. The molecule has 110 valence electrons. The fraction of sp³-hybridized carbons (Fsp3) is 0.286. The first kappa shape index (κ1) is 14.1. The van der Waals surface area contributed by atoms with Crippen LogP contribution in [0.2, 0.25) is 0 Å². The molecule has 1 atom stereocenters. The van der Waals surface area contributed by atoms with Gasteiger partial charge in [0.2, 0.25) is 10.0 Å². The Morgan fingerprint density at radius 1 is 1.24 bits per heavy atom. The monoisotopic (exact) mass is 307 g/mol. The Morgan fingerprint density at radius 2 is 2.05 bits per heavy atom. The van der Waals surface area contributed by atoms with Gasteiger partial charge in [-0.05, 0) is 31.0 Å². The van der Waals surface area contributed by atoms with Crippen molar-refractivity contribution < 1.29 is 12.8 Å². The second-order valence-corrected chi connectivity index (χ2v) is 6.70. The normalized spacial score (nSPS) is 19.8. The first-order valence-electron chi connectivity index (χ1n) is 6.63. The maximum atomic E-state index is 13.8. The summed E-state index contributed by atoms with van der Waals surface area (Å²) < 4.78 is 40.5. The molecule has 0 aliphatic carbocycles. The van der Waals surface area contributed by atoms with Gasteiger partial charge < -0.3 is 0 Å². The summed E-state index contributed by atoms with van der Waals surface area (Å²) in [6.45, 7) is 0.366. The summed E-state index contributed by atoms with van der Waals surface area (Å²) in [5.41, 5.74) is 0.641. The number of aromatic nitrogens is 2. The zero-order valence-electron chi connectivity index (χ0n) is 11.2. The fourth-order valence-electron chi connectivity index (χ4n) is 2.60. The van der Waals surface area contributed by atoms with Gasteiger partial charge in [-0.15, -0.1) is 0 Å². The van der Waals surface area contributed by atoms with Crippen LogP contribution in [0, 0.1) is 5.82 Å². The SMILES string of the molecule is O=S(=O)(c1ccccc1F)N1CCC[C@H]1c1ccncn1. The van der Waals surface area contributed by atoms with E-state index in [9.17, 15) is 12.8 Å². The van der Waals surface area contributed by atoms with Gasteiger partial charge in [-0.1, -0.05) is 12.1 Å². The molecule has 1 aromatic heterocycles. The first-order chi connectivity index (χ1) is 10.1. The molecule has 1 aromatic carbocycles. The van der Waals surface area contributed by atoms with E-state index in [4.69, 9.17) is 0 Å². The van der Waals surface area contributed by atoms with Crippen molar-refractivity contribution in [3.05, 3.63) is 54.4 Å². The van der Waals surface area contributed by atoms with Gasteiger partial charge in [0.15, 0.2) is 0 Å². The quantitative estimate of drug-likeness (QED) is 0.871. The molecule has 1 fully saturated rings. The minimum absolute atomic E-state index is 0.286. The van der Waals surface area contributed by atoms with Crippen LogP contribution in [0.1, 0.15) is 24.6 Å². The van der Waals surface area contributed by atoms with E-state index in [0.29, 0.717) is 18.7 Å². The van der Waals surface area contributed by atoms with Gasteiger partial charge in [0.1, 0.15) is 17.0 Å². The Labute approximate surface area is 122 Å². The van der Waals surface area contributed by atoms with E-state index < -0.39 is 15.8 Å². The zero-order valence-corrected chi connectivity index (χ0v) is 12.0. The maximum absolute atomic E-state index is 13.8. The summed E-state index contributed by atoms with van der Waals surface area (Å²) in [7, 11) is -3.87. The Kier molecular flexibility index (Phi) is 3.69. The molecular weight excluding hydrogens is 293 g/mol. The minimum atomic E-state index is -3.87. The van der Waals surface area contributed by atoms with Crippen molar-refractivity contribution in [2.24, 2.45) is 0 Å². The molecule has 1 aliphatic heterocycles. The van der Waals surface area contributed by atoms with Crippen molar-refractivity contribution in [2.45, 2.75) is 23.8 Å². The zero-order chi connectivity index (χ0) is 14.9. The van der Waals surface area contributed by atoms with Crippen molar-refractivity contribution in [2.75, 3.05) is 6.54 Å². The van der Waals surface area contributed by atoms with Crippen LogP contribution in [-0.2, 0) is 10.0 Å². The van der Waals surface area contributed by atoms with Crippen molar-refractivity contribution >= 4 is 10.0 Å². The number of hydrogen-bond donors (Lipinski definition) is 0. The molecule has 1 aliphatic rings.